The number of carbonyl (C=O) groups excluding carboxylic acids is 2. The molecule has 0 aliphatic rings. The largest absolute Gasteiger partial charge is 0.497 e. The molecular weight excluding hydrogens is 562 g/mol. The number of ether oxygens (including phenoxy) is 1. The van der Waals surface area contributed by atoms with Crippen molar-refractivity contribution in [2.45, 2.75) is 64.6 Å². The molecule has 2 atom stereocenters. The Hall–Kier alpha value is -3.56. The van der Waals surface area contributed by atoms with E-state index in [-0.39, 0.29) is 23.4 Å². The van der Waals surface area contributed by atoms with Crippen molar-refractivity contribution in [1.29, 1.82) is 0 Å². The fourth-order valence-electron chi connectivity index (χ4n) is 4.23. The molecule has 2 amide bonds. The zero-order valence-electron chi connectivity index (χ0n) is 24.3. The summed E-state index contributed by atoms with van der Waals surface area (Å²) >= 11 is 6.17. The summed E-state index contributed by atoms with van der Waals surface area (Å²) < 4.78 is 34.3. The van der Waals surface area contributed by atoms with Crippen LogP contribution < -0.4 is 14.4 Å². The van der Waals surface area contributed by atoms with E-state index in [4.69, 9.17) is 16.3 Å². The van der Waals surface area contributed by atoms with Crippen molar-refractivity contribution in [3.63, 3.8) is 0 Å². The molecule has 3 aromatic rings. The van der Waals surface area contributed by atoms with Crippen LogP contribution in [0.3, 0.4) is 0 Å². The third kappa shape index (κ3) is 8.01. The van der Waals surface area contributed by atoms with Gasteiger partial charge in [-0.2, -0.15) is 0 Å². The monoisotopic (exact) mass is 599 g/mol. The molecule has 3 aromatic carbocycles. The van der Waals surface area contributed by atoms with Crippen LogP contribution in [-0.2, 0) is 26.2 Å². The first-order chi connectivity index (χ1) is 19.4. The molecule has 41 heavy (non-hydrogen) atoms. The minimum Gasteiger partial charge on any atom is -0.497 e. The summed E-state index contributed by atoms with van der Waals surface area (Å²) in [6.07, 6.45) is 0.725. The summed E-state index contributed by atoms with van der Waals surface area (Å²) in [5, 5.41) is 3.38. The third-order valence-electron chi connectivity index (χ3n) is 7.00. The highest BCUT2D eigenvalue weighted by atomic mass is 35.5. The maximum absolute atomic E-state index is 14.1. The van der Waals surface area contributed by atoms with Gasteiger partial charge in [-0.05, 0) is 87.7 Å². The second-order valence-corrected chi connectivity index (χ2v) is 12.4. The van der Waals surface area contributed by atoms with Crippen LogP contribution in [0.15, 0.2) is 71.6 Å². The van der Waals surface area contributed by atoms with Crippen LogP contribution in [0.1, 0.15) is 43.9 Å². The van der Waals surface area contributed by atoms with Gasteiger partial charge in [-0.3, -0.25) is 13.9 Å². The summed E-state index contributed by atoms with van der Waals surface area (Å²) in [5.74, 6) is -0.197. The smallest absolute Gasteiger partial charge is 0.264 e. The van der Waals surface area contributed by atoms with E-state index in [0.717, 1.165) is 21.9 Å². The van der Waals surface area contributed by atoms with Gasteiger partial charge in [-0.1, -0.05) is 48.4 Å². The highest BCUT2D eigenvalue weighted by Gasteiger charge is 2.33. The normalized spacial score (nSPS) is 12.8. The first-order valence-corrected chi connectivity index (χ1v) is 15.3. The van der Waals surface area contributed by atoms with E-state index in [1.807, 2.05) is 32.9 Å². The molecule has 0 fully saturated rings. The van der Waals surface area contributed by atoms with Crippen molar-refractivity contribution in [1.82, 2.24) is 10.2 Å². The number of benzene rings is 3. The SMILES string of the molecule is CCC(C)NC(=O)C(C)N(Cc1ccc(OC)cc1)C(=O)CN(c1ccc(Cl)cc1C)S(=O)(=O)c1ccc(C)cc1. The molecule has 10 heteroatoms. The number of hydrogen-bond donors (Lipinski definition) is 1. The van der Waals surface area contributed by atoms with E-state index in [1.54, 1.807) is 63.4 Å². The number of carbonyl (C=O) groups is 2. The highest BCUT2D eigenvalue weighted by molar-refractivity contribution is 7.92. The Balaban J connectivity index is 2.05. The predicted octanol–water partition coefficient (Wildman–Crippen LogP) is 5.49. The van der Waals surface area contributed by atoms with E-state index in [1.165, 1.54) is 17.0 Å². The number of anilines is 1. The second kappa shape index (κ2) is 13.9. The molecule has 0 radical (unpaired) electrons. The maximum Gasteiger partial charge on any atom is 0.264 e. The van der Waals surface area contributed by atoms with Crippen molar-refractivity contribution in [2.24, 2.45) is 0 Å². The van der Waals surface area contributed by atoms with Crippen molar-refractivity contribution in [3.8, 4) is 5.75 Å². The molecule has 0 aliphatic heterocycles. The van der Waals surface area contributed by atoms with Crippen molar-refractivity contribution < 1.29 is 22.7 Å². The maximum atomic E-state index is 14.1. The summed E-state index contributed by atoms with van der Waals surface area (Å²) in [7, 11) is -2.60. The fraction of sp³-hybridized carbons (Fsp3) is 0.355. The molecule has 0 aromatic heterocycles. The Kier molecular flexibility index (Phi) is 10.8. The number of halogens is 1. The van der Waals surface area contributed by atoms with Gasteiger partial charge in [0.25, 0.3) is 10.0 Å². The number of rotatable bonds is 12. The van der Waals surface area contributed by atoms with Crippen LogP contribution in [0.4, 0.5) is 5.69 Å². The lowest BCUT2D eigenvalue weighted by Crippen LogP contribution is -2.52. The van der Waals surface area contributed by atoms with Crippen LogP contribution in [-0.4, -0.2) is 50.9 Å². The minimum atomic E-state index is -4.16. The summed E-state index contributed by atoms with van der Waals surface area (Å²) in [5.41, 5.74) is 2.58. The second-order valence-electron chi connectivity index (χ2n) is 10.1. The first kappa shape index (κ1) is 32.0. The quantitative estimate of drug-likeness (QED) is 0.297. The number of methoxy groups -OCH3 is 1. The van der Waals surface area contributed by atoms with Gasteiger partial charge in [0, 0.05) is 17.6 Å². The Morgan fingerprint density at radius 3 is 2.17 bits per heavy atom. The van der Waals surface area contributed by atoms with E-state index < -0.39 is 28.5 Å². The lowest BCUT2D eigenvalue weighted by atomic mass is 10.1. The molecule has 0 spiro atoms. The molecule has 2 unspecified atom stereocenters. The van der Waals surface area contributed by atoms with Gasteiger partial charge < -0.3 is 15.0 Å². The van der Waals surface area contributed by atoms with Gasteiger partial charge in [-0.15, -0.1) is 0 Å². The minimum absolute atomic E-state index is 0.0505. The van der Waals surface area contributed by atoms with Gasteiger partial charge in [0.15, 0.2) is 0 Å². The van der Waals surface area contributed by atoms with Gasteiger partial charge in [0.05, 0.1) is 17.7 Å². The molecule has 0 saturated heterocycles. The van der Waals surface area contributed by atoms with Crippen molar-refractivity contribution >= 4 is 39.1 Å². The summed E-state index contributed by atoms with van der Waals surface area (Å²) in [4.78, 5) is 28.7. The van der Waals surface area contributed by atoms with Gasteiger partial charge in [0.1, 0.15) is 18.3 Å². The fourth-order valence-corrected chi connectivity index (χ4v) is 5.93. The molecule has 0 heterocycles. The molecule has 3 rings (SSSR count). The molecular formula is C31H38ClN3O5S. The third-order valence-corrected chi connectivity index (χ3v) is 9.00. The van der Waals surface area contributed by atoms with Crippen LogP contribution >= 0.6 is 11.6 Å². The molecule has 220 valence electrons. The Labute approximate surface area is 248 Å². The van der Waals surface area contributed by atoms with Gasteiger partial charge in [-0.25, -0.2) is 8.42 Å². The van der Waals surface area contributed by atoms with E-state index in [2.05, 4.69) is 5.32 Å². The lowest BCUT2D eigenvalue weighted by molar-refractivity contribution is -0.139. The number of amides is 2. The number of nitrogens with one attached hydrogen (secondary N) is 1. The van der Waals surface area contributed by atoms with Crippen molar-refractivity contribution in [2.75, 3.05) is 18.0 Å². The Morgan fingerprint density at radius 2 is 1.61 bits per heavy atom. The predicted molar refractivity (Wildman–Crippen MR) is 163 cm³/mol. The summed E-state index contributed by atoms with van der Waals surface area (Å²) in [6, 6.07) is 17.5. The van der Waals surface area contributed by atoms with Gasteiger partial charge in [0.2, 0.25) is 11.8 Å². The number of hydrogen-bond acceptors (Lipinski definition) is 5. The zero-order valence-corrected chi connectivity index (χ0v) is 25.9. The van der Waals surface area contributed by atoms with E-state index in [9.17, 15) is 18.0 Å². The molecule has 8 nitrogen and oxygen atoms in total. The van der Waals surface area contributed by atoms with Crippen LogP contribution in [0.25, 0.3) is 0 Å². The Morgan fingerprint density at radius 1 is 0.976 bits per heavy atom. The average Bonchev–Trinajstić information content (AvgIpc) is 2.94. The lowest BCUT2D eigenvalue weighted by Gasteiger charge is -2.33. The molecule has 0 saturated carbocycles. The van der Waals surface area contributed by atoms with Crippen LogP contribution in [0, 0.1) is 13.8 Å². The summed E-state index contributed by atoms with van der Waals surface area (Å²) in [6.45, 7) is 8.67. The van der Waals surface area contributed by atoms with Crippen molar-refractivity contribution in [3.05, 3.63) is 88.4 Å². The topological polar surface area (TPSA) is 96.0 Å². The molecule has 1 N–H and O–H groups in total. The number of nitrogens with zero attached hydrogens (tertiary/aromatic N) is 2. The standard InChI is InChI=1S/C31H38ClN3O5S/c1-7-23(4)33-31(37)24(5)34(19-25-10-13-27(40-6)14-11-25)30(36)20-35(29-17-12-26(32)18-22(29)3)41(38,39)28-15-8-21(2)9-16-28/h8-18,23-24H,7,19-20H2,1-6H3,(H,33,37). The van der Waals surface area contributed by atoms with Gasteiger partial charge >= 0.3 is 0 Å². The van der Waals surface area contributed by atoms with E-state index in [0.29, 0.717) is 22.0 Å². The van der Waals surface area contributed by atoms with E-state index >= 15 is 0 Å². The van der Waals surface area contributed by atoms with Crippen LogP contribution in [0.5, 0.6) is 5.75 Å². The highest BCUT2D eigenvalue weighted by Crippen LogP contribution is 2.29. The Bertz CT molecular complexity index is 1460. The average molecular weight is 600 g/mol. The number of sulfonamides is 1. The first-order valence-electron chi connectivity index (χ1n) is 13.5. The van der Waals surface area contributed by atoms with Crippen LogP contribution in [0.2, 0.25) is 5.02 Å². The molecule has 0 bridgehead atoms. The number of aryl methyl sites for hydroxylation is 2. The zero-order chi connectivity index (χ0) is 30.3. The molecule has 0 aliphatic carbocycles.